The van der Waals surface area contributed by atoms with Crippen molar-refractivity contribution >= 4 is 40.8 Å². The van der Waals surface area contributed by atoms with Crippen LogP contribution in [0, 0.1) is 11.8 Å². The number of aryl methyl sites for hydroxylation is 1. The smallest absolute Gasteiger partial charge is 0.337 e. The van der Waals surface area contributed by atoms with Crippen molar-refractivity contribution in [3.63, 3.8) is 0 Å². The van der Waals surface area contributed by atoms with Gasteiger partial charge < -0.3 is 19.5 Å². The number of hydrogen-bond donors (Lipinski definition) is 1. The van der Waals surface area contributed by atoms with Gasteiger partial charge in [-0.05, 0) is 104 Å². The number of thioether (sulfide) groups is 1. The third kappa shape index (κ3) is 7.63. The number of carbonyl (C=O) groups excluding carboxylic acids is 2. The zero-order chi connectivity index (χ0) is 33.0. The normalized spacial score (nSPS) is 23.0. The molecule has 1 spiro atoms. The Morgan fingerprint density at radius 1 is 1.19 bits per heavy atom. The number of aromatic nitrogens is 2. The van der Waals surface area contributed by atoms with E-state index in [0.717, 1.165) is 73.1 Å². The molecular weight excluding hydrogens is 634 g/mol. The number of aliphatic hydroxyl groups is 1. The second-order valence-electron chi connectivity index (χ2n) is 13.3. The molecule has 250 valence electrons. The average molecular weight is 678 g/mol. The lowest BCUT2D eigenvalue weighted by Gasteiger charge is -2.45. The number of fused-ring (bicyclic) bond motifs is 3. The number of ketones is 1. The molecule has 0 bridgehead atoms. The maximum Gasteiger partial charge on any atom is 0.337 e. The number of ether oxygens (including phenoxy) is 2. The molecule has 47 heavy (non-hydrogen) atoms. The van der Waals surface area contributed by atoms with Gasteiger partial charge in [0.2, 0.25) is 0 Å². The van der Waals surface area contributed by atoms with Crippen molar-refractivity contribution in [2.75, 3.05) is 31.7 Å². The van der Waals surface area contributed by atoms with Crippen molar-refractivity contribution < 1.29 is 24.2 Å². The first-order valence-electron chi connectivity index (χ1n) is 16.8. The van der Waals surface area contributed by atoms with Gasteiger partial charge in [0.1, 0.15) is 11.5 Å². The summed E-state index contributed by atoms with van der Waals surface area (Å²) in [6, 6.07) is 13.5. The maximum absolute atomic E-state index is 13.1. The molecule has 2 aliphatic carbocycles. The van der Waals surface area contributed by atoms with Crippen LogP contribution in [0.3, 0.4) is 0 Å². The molecule has 1 N–H and O–H groups in total. The Morgan fingerprint density at radius 2 is 2.02 bits per heavy atom. The van der Waals surface area contributed by atoms with Crippen molar-refractivity contribution in [2.45, 2.75) is 86.6 Å². The van der Waals surface area contributed by atoms with Crippen LogP contribution >= 0.6 is 23.4 Å². The van der Waals surface area contributed by atoms with Crippen LogP contribution in [0.25, 0.3) is 0 Å². The Morgan fingerprint density at radius 3 is 2.77 bits per heavy atom. The van der Waals surface area contributed by atoms with Gasteiger partial charge in [-0.15, -0.1) is 0 Å². The second kappa shape index (κ2) is 15.0. The Hall–Kier alpha value is -3.14. The van der Waals surface area contributed by atoms with Crippen LogP contribution in [0.15, 0.2) is 60.0 Å². The summed E-state index contributed by atoms with van der Waals surface area (Å²) in [5.74, 6) is 0.706. The molecule has 1 aliphatic heterocycles. The fourth-order valence-corrected chi connectivity index (χ4v) is 8.76. The summed E-state index contributed by atoms with van der Waals surface area (Å²) in [5, 5.41) is 13.1. The largest absolute Gasteiger partial charge is 0.490 e. The van der Waals surface area contributed by atoms with Crippen LogP contribution < -0.4 is 9.64 Å². The first-order chi connectivity index (χ1) is 22.8. The van der Waals surface area contributed by atoms with Crippen LogP contribution in [-0.2, 0) is 21.4 Å². The number of anilines is 1. The monoisotopic (exact) mass is 677 g/mol. The van der Waals surface area contributed by atoms with E-state index in [9.17, 15) is 14.7 Å². The van der Waals surface area contributed by atoms with Gasteiger partial charge in [0, 0.05) is 54.0 Å². The molecule has 1 saturated carbocycles. The molecule has 0 saturated heterocycles. The molecule has 3 aliphatic rings. The van der Waals surface area contributed by atoms with Crippen LogP contribution in [-0.4, -0.2) is 65.0 Å². The van der Waals surface area contributed by atoms with Gasteiger partial charge in [0.05, 0.1) is 31.1 Å². The molecule has 3 aromatic rings. The van der Waals surface area contributed by atoms with Crippen molar-refractivity contribution in [3.05, 3.63) is 76.6 Å². The summed E-state index contributed by atoms with van der Waals surface area (Å²) in [6.45, 7) is 4.07. The molecule has 2 aromatic carbocycles. The van der Waals surface area contributed by atoms with E-state index in [-0.39, 0.29) is 40.7 Å². The van der Waals surface area contributed by atoms with Gasteiger partial charge in [-0.3, -0.25) is 4.79 Å². The highest BCUT2D eigenvalue weighted by Gasteiger charge is 2.44. The highest BCUT2D eigenvalue weighted by Crippen LogP contribution is 2.47. The number of esters is 1. The summed E-state index contributed by atoms with van der Waals surface area (Å²) in [4.78, 5) is 36.6. The van der Waals surface area contributed by atoms with E-state index in [1.165, 1.54) is 18.2 Å². The predicted octanol–water partition coefficient (Wildman–Crippen LogP) is 7.09. The molecule has 0 amide bonds. The summed E-state index contributed by atoms with van der Waals surface area (Å²) < 4.78 is 11.6. The summed E-state index contributed by atoms with van der Waals surface area (Å²) in [5.41, 5.74) is 3.65. The van der Waals surface area contributed by atoms with Crippen LogP contribution in [0.2, 0.25) is 5.02 Å². The molecule has 10 heteroatoms. The number of Topliss-reactive ketones (excluding diaryl/α,β-unsaturated/α-hetero) is 1. The fraction of sp³-hybridized carbons (Fsp3) is 0.514. The van der Waals surface area contributed by atoms with Crippen molar-refractivity contribution in [1.29, 1.82) is 0 Å². The number of benzene rings is 2. The molecule has 8 nitrogen and oxygen atoms in total. The van der Waals surface area contributed by atoms with E-state index in [4.69, 9.17) is 21.1 Å². The van der Waals surface area contributed by atoms with E-state index in [1.807, 2.05) is 18.2 Å². The number of rotatable bonds is 12. The molecule has 2 heterocycles. The van der Waals surface area contributed by atoms with E-state index >= 15 is 0 Å². The first-order valence-corrected chi connectivity index (χ1v) is 18.1. The Labute approximate surface area is 286 Å². The molecule has 1 fully saturated rings. The molecule has 1 aromatic heterocycles. The first kappa shape index (κ1) is 33.7. The minimum atomic E-state index is -0.679. The molecule has 6 rings (SSSR count). The van der Waals surface area contributed by atoms with Crippen LogP contribution in [0.5, 0.6) is 5.75 Å². The van der Waals surface area contributed by atoms with Gasteiger partial charge in [-0.2, -0.15) is 0 Å². The van der Waals surface area contributed by atoms with Crippen LogP contribution in [0.1, 0.15) is 79.8 Å². The third-order valence-electron chi connectivity index (χ3n) is 10.3. The molecule has 0 radical (unpaired) electrons. The Balaban J connectivity index is 1.16. The number of halogens is 1. The SMILES string of the molecule is CC[C@H](CCC(=O)C[C@@H](O)[C@@H]1CC[C@H]1CN1C[C@@]2(CCCc3cc(Cl)ccc32)COc2ccc(C(=O)OC)cc21)Sc1ncccn1. The van der Waals surface area contributed by atoms with Gasteiger partial charge in [0.15, 0.2) is 5.16 Å². The van der Waals surface area contributed by atoms with E-state index in [2.05, 4.69) is 33.9 Å². The van der Waals surface area contributed by atoms with Gasteiger partial charge in [-0.25, -0.2) is 14.8 Å². The zero-order valence-corrected chi connectivity index (χ0v) is 28.8. The maximum atomic E-state index is 13.1. The van der Waals surface area contributed by atoms with Gasteiger partial charge in [0.25, 0.3) is 0 Å². The summed E-state index contributed by atoms with van der Waals surface area (Å²) in [6.07, 6.45) is 9.93. The van der Waals surface area contributed by atoms with Gasteiger partial charge in [-0.1, -0.05) is 36.4 Å². The van der Waals surface area contributed by atoms with E-state index in [1.54, 1.807) is 36.3 Å². The Bertz CT molecular complexity index is 1570. The lowest BCUT2D eigenvalue weighted by Crippen LogP contribution is -2.49. The fourth-order valence-electron chi connectivity index (χ4n) is 7.62. The Kier molecular flexibility index (Phi) is 10.7. The van der Waals surface area contributed by atoms with Crippen LogP contribution in [0.4, 0.5) is 5.69 Å². The third-order valence-corrected chi connectivity index (χ3v) is 11.9. The zero-order valence-electron chi connectivity index (χ0n) is 27.2. The number of nitrogens with zero attached hydrogens (tertiary/aromatic N) is 3. The number of hydrogen-bond acceptors (Lipinski definition) is 9. The minimum absolute atomic E-state index is 0.0397. The molecule has 5 atom stereocenters. The quantitative estimate of drug-likeness (QED) is 0.122. The predicted molar refractivity (Wildman–Crippen MR) is 185 cm³/mol. The lowest BCUT2D eigenvalue weighted by molar-refractivity contribution is -0.123. The van der Waals surface area contributed by atoms with E-state index < -0.39 is 6.10 Å². The number of aliphatic hydroxyl groups excluding tert-OH is 1. The van der Waals surface area contributed by atoms with Crippen molar-refractivity contribution in [1.82, 2.24) is 9.97 Å². The average Bonchev–Trinajstić information content (AvgIpc) is 3.21. The standard InChI is InChI=1S/C37H44ClN3O5S/c1-3-29(47-36-39-16-5-17-40-36)11-10-28(42)20-33(43)30-12-7-26(30)21-41-22-37(15-4-6-24-18-27(38)9-13-31(24)37)23-46-34-14-8-25(19-32(34)41)35(44)45-2/h5,8-9,13-14,16-19,26,29-30,33,43H,3-4,6-7,10-12,15,20-23H2,1-2H3/t26-,29+,30+,33+,37-/m0/s1. The highest BCUT2D eigenvalue weighted by molar-refractivity contribution is 7.99. The van der Waals surface area contributed by atoms with Crippen molar-refractivity contribution in [3.8, 4) is 5.75 Å². The molecule has 0 unspecified atom stereocenters. The summed E-state index contributed by atoms with van der Waals surface area (Å²) in [7, 11) is 1.39. The van der Waals surface area contributed by atoms with Crippen molar-refractivity contribution in [2.24, 2.45) is 11.8 Å². The minimum Gasteiger partial charge on any atom is -0.490 e. The topological polar surface area (TPSA) is 102 Å². The summed E-state index contributed by atoms with van der Waals surface area (Å²) >= 11 is 8.02. The second-order valence-corrected chi connectivity index (χ2v) is 15.0. The highest BCUT2D eigenvalue weighted by atomic mass is 35.5. The molecular formula is C37H44ClN3O5S. The van der Waals surface area contributed by atoms with Gasteiger partial charge >= 0.3 is 5.97 Å². The lowest BCUT2D eigenvalue weighted by atomic mass is 9.68. The number of methoxy groups -OCH3 is 1. The van der Waals surface area contributed by atoms with E-state index in [0.29, 0.717) is 25.1 Å². The number of carbonyl (C=O) groups is 2.